The number of benzene rings is 2. The van der Waals surface area contributed by atoms with Crippen LogP contribution < -0.4 is 5.14 Å². The summed E-state index contributed by atoms with van der Waals surface area (Å²) in [6.45, 7) is 0. The fourth-order valence-corrected chi connectivity index (χ4v) is 3.93. The molecule has 1 fully saturated rings. The molecule has 1 saturated carbocycles. The Bertz CT molecular complexity index is 1010. The first-order valence-corrected chi connectivity index (χ1v) is 9.10. The Morgan fingerprint density at radius 2 is 1.74 bits per heavy atom. The Morgan fingerprint density at radius 1 is 0.957 bits per heavy atom. The van der Waals surface area contributed by atoms with Crippen molar-refractivity contribution in [2.75, 3.05) is 0 Å². The third-order valence-electron chi connectivity index (χ3n) is 4.21. The van der Waals surface area contributed by atoms with E-state index >= 15 is 0 Å². The minimum atomic E-state index is -3.87. The van der Waals surface area contributed by atoms with Crippen LogP contribution in [0.15, 0.2) is 59.5 Å². The van der Waals surface area contributed by atoms with Crippen molar-refractivity contribution in [2.45, 2.75) is 23.7 Å². The topological polar surface area (TPSA) is 73.1 Å². The van der Waals surface area contributed by atoms with Crippen LogP contribution in [0, 0.1) is 0 Å². The van der Waals surface area contributed by atoms with E-state index in [-0.39, 0.29) is 4.90 Å². The molecule has 0 saturated heterocycles. The second-order valence-electron chi connectivity index (χ2n) is 5.93. The summed E-state index contributed by atoms with van der Waals surface area (Å²) in [5.74, 6) is 0.508. The fourth-order valence-electron chi connectivity index (χ4n) is 2.96. The third kappa shape index (κ3) is 2.62. The maximum atomic E-state index is 12.2. The van der Waals surface area contributed by atoms with E-state index in [4.69, 9.17) is 5.14 Å². The standard InChI is InChI=1S/C18H16N2O2S/c19-23(21,22)18-14-5-2-1-4-12(14)10-11-15(18)17-7-3-6-16(20-17)13-8-9-13/h1-7,10-11,13H,8-9H2,(H2,19,21,22). The summed E-state index contributed by atoms with van der Waals surface area (Å²) in [7, 11) is -3.87. The predicted octanol–water partition coefficient (Wildman–Crippen LogP) is 3.43. The number of sulfonamides is 1. The van der Waals surface area contributed by atoms with Crippen molar-refractivity contribution in [2.24, 2.45) is 5.14 Å². The van der Waals surface area contributed by atoms with Gasteiger partial charge in [0.05, 0.1) is 10.6 Å². The van der Waals surface area contributed by atoms with Gasteiger partial charge in [0, 0.05) is 22.6 Å². The molecule has 1 aromatic heterocycles. The van der Waals surface area contributed by atoms with Gasteiger partial charge in [0.2, 0.25) is 10.0 Å². The normalized spacial score (nSPS) is 15.0. The monoisotopic (exact) mass is 324 g/mol. The van der Waals surface area contributed by atoms with E-state index in [1.807, 2.05) is 42.5 Å². The first-order valence-electron chi connectivity index (χ1n) is 7.56. The number of fused-ring (bicyclic) bond motifs is 1. The van der Waals surface area contributed by atoms with Crippen LogP contribution in [0.1, 0.15) is 24.5 Å². The van der Waals surface area contributed by atoms with Gasteiger partial charge in [0.15, 0.2) is 0 Å². The first kappa shape index (κ1) is 14.4. The molecule has 4 nitrogen and oxygen atoms in total. The highest BCUT2D eigenvalue weighted by molar-refractivity contribution is 7.89. The molecular formula is C18H16N2O2S. The van der Waals surface area contributed by atoms with Gasteiger partial charge in [-0.3, -0.25) is 4.98 Å². The van der Waals surface area contributed by atoms with Gasteiger partial charge < -0.3 is 0 Å². The fraction of sp³-hybridized carbons (Fsp3) is 0.167. The lowest BCUT2D eigenvalue weighted by Gasteiger charge is -2.12. The van der Waals surface area contributed by atoms with Crippen molar-refractivity contribution in [1.29, 1.82) is 0 Å². The predicted molar refractivity (Wildman–Crippen MR) is 90.5 cm³/mol. The number of pyridine rings is 1. The highest BCUT2D eigenvalue weighted by atomic mass is 32.2. The van der Waals surface area contributed by atoms with Crippen LogP contribution in [-0.4, -0.2) is 13.4 Å². The van der Waals surface area contributed by atoms with Crippen molar-refractivity contribution in [3.8, 4) is 11.3 Å². The Hall–Kier alpha value is -2.24. The van der Waals surface area contributed by atoms with Crippen LogP contribution in [0.4, 0.5) is 0 Å². The quantitative estimate of drug-likeness (QED) is 0.802. The molecule has 0 bridgehead atoms. The van der Waals surface area contributed by atoms with E-state index in [1.165, 1.54) is 0 Å². The lowest BCUT2D eigenvalue weighted by atomic mass is 10.0. The van der Waals surface area contributed by atoms with Gasteiger partial charge in [-0.05, 0) is 30.4 Å². The second-order valence-corrected chi connectivity index (χ2v) is 7.43. The van der Waals surface area contributed by atoms with Crippen LogP contribution in [0.25, 0.3) is 22.0 Å². The summed E-state index contributed by atoms with van der Waals surface area (Å²) in [6, 6.07) is 16.8. The average Bonchev–Trinajstić information content (AvgIpc) is 3.38. The number of rotatable bonds is 3. The molecule has 1 aliphatic carbocycles. The van der Waals surface area contributed by atoms with E-state index in [1.54, 1.807) is 12.1 Å². The van der Waals surface area contributed by atoms with Crippen molar-refractivity contribution >= 4 is 20.8 Å². The van der Waals surface area contributed by atoms with E-state index < -0.39 is 10.0 Å². The molecule has 0 radical (unpaired) electrons. The van der Waals surface area contributed by atoms with Gasteiger partial charge in [-0.1, -0.05) is 42.5 Å². The maximum absolute atomic E-state index is 12.2. The largest absolute Gasteiger partial charge is 0.253 e. The molecule has 2 aromatic carbocycles. The first-order chi connectivity index (χ1) is 11.0. The highest BCUT2D eigenvalue weighted by Gasteiger charge is 2.26. The highest BCUT2D eigenvalue weighted by Crippen LogP contribution is 2.40. The molecule has 4 rings (SSSR count). The molecule has 0 aliphatic heterocycles. The van der Waals surface area contributed by atoms with Crippen molar-refractivity contribution in [3.05, 3.63) is 60.3 Å². The Labute approximate surface area is 135 Å². The smallest absolute Gasteiger partial charge is 0.239 e. The zero-order valence-corrected chi connectivity index (χ0v) is 13.3. The van der Waals surface area contributed by atoms with Crippen LogP contribution in [0.5, 0.6) is 0 Å². The summed E-state index contributed by atoms with van der Waals surface area (Å²) in [5, 5.41) is 6.99. The van der Waals surface area contributed by atoms with Crippen molar-refractivity contribution in [1.82, 2.24) is 4.98 Å². The van der Waals surface area contributed by atoms with Crippen molar-refractivity contribution in [3.63, 3.8) is 0 Å². The van der Waals surface area contributed by atoms with Gasteiger partial charge in [-0.15, -0.1) is 0 Å². The number of hydrogen-bond donors (Lipinski definition) is 1. The molecule has 0 atom stereocenters. The number of nitrogens with two attached hydrogens (primary N) is 1. The molecule has 23 heavy (non-hydrogen) atoms. The number of hydrogen-bond acceptors (Lipinski definition) is 3. The van der Waals surface area contributed by atoms with Crippen molar-refractivity contribution < 1.29 is 8.42 Å². The minimum absolute atomic E-state index is 0.149. The van der Waals surface area contributed by atoms with Crippen LogP contribution in [0.2, 0.25) is 0 Å². The van der Waals surface area contributed by atoms with E-state index in [2.05, 4.69) is 4.98 Å². The molecule has 1 heterocycles. The van der Waals surface area contributed by atoms with Gasteiger partial charge in [-0.2, -0.15) is 0 Å². The SMILES string of the molecule is NS(=O)(=O)c1c(-c2cccc(C3CC3)n2)ccc2ccccc12. The van der Waals surface area contributed by atoms with Gasteiger partial charge in [-0.25, -0.2) is 13.6 Å². The van der Waals surface area contributed by atoms with E-state index in [0.717, 1.165) is 23.9 Å². The number of aromatic nitrogens is 1. The summed E-state index contributed by atoms with van der Waals surface area (Å²) in [5.41, 5.74) is 2.24. The molecule has 0 unspecified atom stereocenters. The summed E-state index contributed by atoms with van der Waals surface area (Å²) in [4.78, 5) is 4.82. The van der Waals surface area contributed by atoms with Crippen LogP contribution in [-0.2, 0) is 10.0 Å². The minimum Gasteiger partial charge on any atom is -0.253 e. The zero-order chi connectivity index (χ0) is 16.0. The molecule has 116 valence electrons. The molecule has 0 spiro atoms. The van der Waals surface area contributed by atoms with E-state index in [0.29, 0.717) is 22.6 Å². The van der Waals surface area contributed by atoms with Gasteiger partial charge in [0.1, 0.15) is 0 Å². The molecule has 3 aromatic rings. The number of primary sulfonamides is 1. The average molecular weight is 324 g/mol. The van der Waals surface area contributed by atoms with Crippen LogP contribution in [0.3, 0.4) is 0 Å². The van der Waals surface area contributed by atoms with E-state index in [9.17, 15) is 8.42 Å². The lowest BCUT2D eigenvalue weighted by molar-refractivity contribution is 0.599. The Morgan fingerprint density at radius 3 is 2.48 bits per heavy atom. The zero-order valence-electron chi connectivity index (χ0n) is 12.4. The molecule has 1 aliphatic rings. The molecule has 0 amide bonds. The lowest BCUT2D eigenvalue weighted by Crippen LogP contribution is -2.14. The maximum Gasteiger partial charge on any atom is 0.239 e. The molecule has 2 N–H and O–H groups in total. The summed E-state index contributed by atoms with van der Waals surface area (Å²) >= 11 is 0. The molecule has 5 heteroatoms. The Balaban J connectivity index is 2.01. The second kappa shape index (κ2) is 5.15. The van der Waals surface area contributed by atoms with Gasteiger partial charge >= 0.3 is 0 Å². The Kier molecular flexibility index (Phi) is 3.21. The van der Waals surface area contributed by atoms with Gasteiger partial charge in [0.25, 0.3) is 0 Å². The summed E-state index contributed by atoms with van der Waals surface area (Å²) in [6.07, 6.45) is 2.30. The summed E-state index contributed by atoms with van der Waals surface area (Å²) < 4.78 is 24.4. The van der Waals surface area contributed by atoms with Crippen LogP contribution >= 0.6 is 0 Å². The number of nitrogens with zero attached hydrogens (tertiary/aromatic N) is 1. The molecular weight excluding hydrogens is 308 g/mol. The third-order valence-corrected chi connectivity index (χ3v) is 5.22.